The minimum absolute atomic E-state index is 0.560. The molecule has 0 saturated carbocycles. The van der Waals surface area contributed by atoms with Gasteiger partial charge in [-0.15, -0.1) is 10.5 Å². The third kappa shape index (κ3) is 3.71. The van der Waals surface area contributed by atoms with Crippen LogP contribution >= 0.6 is 12.2 Å². The monoisotopic (exact) mass is 198 g/mol. The molecule has 70 valence electrons. The molecule has 0 saturated heterocycles. The highest BCUT2D eigenvalue weighted by Gasteiger charge is 1.94. The van der Waals surface area contributed by atoms with Crippen molar-refractivity contribution in [2.75, 3.05) is 6.54 Å². The fourth-order valence-electron chi connectivity index (χ4n) is 0.751. The zero-order valence-corrected chi connectivity index (χ0v) is 8.15. The van der Waals surface area contributed by atoms with E-state index in [4.69, 9.17) is 16.6 Å². The zero-order chi connectivity index (χ0) is 9.52. The third-order valence-electron chi connectivity index (χ3n) is 1.28. The maximum Gasteiger partial charge on any atom is 0.233 e. The van der Waals surface area contributed by atoms with Gasteiger partial charge in [-0.25, -0.2) is 0 Å². The average molecular weight is 198 g/mol. The van der Waals surface area contributed by atoms with Crippen LogP contribution in [-0.2, 0) is 0 Å². The summed E-state index contributed by atoms with van der Waals surface area (Å²) in [5.41, 5.74) is 2.78. The van der Waals surface area contributed by atoms with Crippen molar-refractivity contribution in [1.29, 1.82) is 0 Å². The van der Waals surface area contributed by atoms with Gasteiger partial charge in [0.25, 0.3) is 0 Å². The van der Waals surface area contributed by atoms with E-state index in [0.29, 0.717) is 5.11 Å². The van der Waals surface area contributed by atoms with Crippen LogP contribution in [0.1, 0.15) is 12.7 Å². The van der Waals surface area contributed by atoms with Crippen LogP contribution in [0.3, 0.4) is 0 Å². The van der Waals surface area contributed by atoms with Crippen molar-refractivity contribution in [1.82, 2.24) is 10.7 Å². The number of hydrazone groups is 1. The summed E-state index contributed by atoms with van der Waals surface area (Å²) in [7, 11) is 0. The highest BCUT2D eigenvalue weighted by molar-refractivity contribution is 7.80. The lowest BCUT2D eigenvalue weighted by atomic mass is 10.5. The Labute approximate surface area is 82.0 Å². The maximum atomic E-state index is 5.05. The number of rotatable bonds is 3. The Hall–Kier alpha value is -1.36. The van der Waals surface area contributed by atoms with E-state index in [2.05, 4.69) is 15.8 Å². The first kappa shape index (κ1) is 9.73. The lowest BCUT2D eigenvalue weighted by Crippen LogP contribution is -2.82. The minimum Gasteiger partial charge on any atom is -0.459 e. The molecule has 0 atom stereocenters. The Morgan fingerprint density at radius 1 is 1.77 bits per heavy atom. The fourth-order valence-corrected chi connectivity index (χ4v) is 0.954. The van der Waals surface area contributed by atoms with Gasteiger partial charge in [0.15, 0.2) is 5.76 Å². The van der Waals surface area contributed by atoms with Gasteiger partial charge in [-0.05, 0) is 31.3 Å². The molecule has 0 aromatic carbocycles. The van der Waals surface area contributed by atoms with Crippen LogP contribution in [0.25, 0.3) is 0 Å². The molecule has 0 fully saturated rings. The molecule has 1 rings (SSSR count). The highest BCUT2D eigenvalue weighted by atomic mass is 32.1. The lowest BCUT2D eigenvalue weighted by molar-refractivity contribution is -0.500. The van der Waals surface area contributed by atoms with E-state index in [-0.39, 0.29) is 0 Å². The van der Waals surface area contributed by atoms with Crippen molar-refractivity contribution in [2.45, 2.75) is 6.92 Å². The summed E-state index contributed by atoms with van der Waals surface area (Å²) < 4.78 is 5.05. The molecule has 0 aliphatic rings. The van der Waals surface area contributed by atoms with Gasteiger partial charge in [0, 0.05) is 6.54 Å². The average Bonchev–Trinajstić information content (AvgIpc) is 2.57. The molecule has 0 radical (unpaired) electrons. The van der Waals surface area contributed by atoms with Gasteiger partial charge in [0.2, 0.25) is 11.3 Å². The van der Waals surface area contributed by atoms with Crippen LogP contribution in [0, 0.1) is 0 Å². The standard InChI is InChI=1S/C8H11N3OS/c1-2-9-8(13)11-10-6-7-4-3-5-12-7/h3-6H,2H2,1H3,(H2,9,11,13)/p+1. The lowest BCUT2D eigenvalue weighted by Gasteiger charge is -1.97. The van der Waals surface area contributed by atoms with Crippen LogP contribution in [0.2, 0.25) is 0 Å². The Balaban J connectivity index is 2.30. The van der Waals surface area contributed by atoms with E-state index in [0.717, 1.165) is 12.3 Å². The van der Waals surface area contributed by atoms with E-state index in [1.54, 1.807) is 12.5 Å². The van der Waals surface area contributed by atoms with Gasteiger partial charge in [0.1, 0.15) is 0 Å². The number of furan rings is 1. The molecule has 5 heteroatoms. The molecule has 0 aliphatic heterocycles. The fraction of sp³-hybridized carbons (Fsp3) is 0.250. The van der Waals surface area contributed by atoms with E-state index >= 15 is 0 Å². The molecule has 4 nitrogen and oxygen atoms in total. The Morgan fingerprint density at radius 3 is 3.23 bits per heavy atom. The van der Waals surface area contributed by atoms with Gasteiger partial charge in [-0.1, -0.05) is 0 Å². The number of thiocarbonyl (C=S) groups is 1. The Morgan fingerprint density at radius 2 is 2.62 bits per heavy atom. The summed E-state index contributed by atoms with van der Waals surface area (Å²) in [6.45, 7) is 2.78. The first-order valence-electron chi connectivity index (χ1n) is 3.99. The number of hydrazine groups is 1. The first-order valence-corrected chi connectivity index (χ1v) is 4.40. The number of nitrogens with one attached hydrogen (secondary N) is 3. The van der Waals surface area contributed by atoms with Crippen molar-refractivity contribution in [2.24, 2.45) is 0 Å². The zero-order valence-electron chi connectivity index (χ0n) is 7.33. The Kier molecular flexibility index (Phi) is 3.98. The summed E-state index contributed by atoms with van der Waals surface area (Å²) in [6.07, 6.45) is 3.29. The van der Waals surface area contributed by atoms with Crippen molar-refractivity contribution in [3.8, 4) is 0 Å². The molecule has 0 unspecified atom stereocenters. The minimum atomic E-state index is 0.560. The predicted molar refractivity (Wildman–Crippen MR) is 54.2 cm³/mol. The van der Waals surface area contributed by atoms with Gasteiger partial charge in [-0.3, -0.25) is 0 Å². The number of hydrogen-bond acceptors (Lipinski definition) is 2. The van der Waals surface area contributed by atoms with Gasteiger partial charge in [-0.2, -0.15) is 0 Å². The molecular weight excluding hydrogens is 186 g/mol. The molecule has 1 aromatic heterocycles. The van der Waals surface area contributed by atoms with Gasteiger partial charge in [0.05, 0.1) is 6.26 Å². The predicted octanol–water partition coefficient (Wildman–Crippen LogP) is -0.822. The van der Waals surface area contributed by atoms with Crippen LogP contribution in [-0.4, -0.2) is 17.9 Å². The smallest absolute Gasteiger partial charge is 0.233 e. The van der Waals surface area contributed by atoms with Gasteiger partial charge >= 0.3 is 0 Å². The van der Waals surface area contributed by atoms with E-state index in [1.807, 2.05) is 19.1 Å². The second-order valence-corrected chi connectivity index (χ2v) is 2.70. The topological polar surface area (TPSA) is 51.2 Å². The Bertz CT molecular complexity index is 282. The summed E-state index contributed by atoms with van der Waals surface area (Å²) in [6, 6.07) is 3.65. The SMILES string of the molecule is CCNC(=S)N[NH+]=Cc1ccco1. The summed E-state index contributed by atoms with van der Waals surface area (Å²) >= 11 is 4.91. The van der Waals surface area contributed by atoms with Crippen molar-refractivity contribution < 1.29 is 9.52 Å². The molecule has 0 amide bonds. The summed E-state index contributed by atoms with van der Waals surface area (Å²) in [5.74, 6) is 0.742. The molecule has 0 bridgehead atoms. The molecule has 1 aromatic rings. The van der Waals surface area contributed by atoms with E-state index < -0.39 is 0 Å². The number of hydrogen-bond donors (Lipinski definition) is 3. The quantitative estimate of drug-likeness (QED) is 0.337. The maximum absolute atomic E-state index is 5.05. The molecule has 0 spiro atoms. The van der Waals surface area contributed by atoms with E-state index in [9.17, 15) is 0 Å². The third-order valence-corrected chi connectivity index (χ3v) is 1.53. The van der Waals surface area contributed by atoms with Gasteiger partial charge < -0.3 is 9.73 Å². The first-order chi connectivity index (χ1) is 6.33. The highest BCUT2D eigenvalue weighted by Crippen LogP contribution is 1.91. The van der Waals surface area contributed by atoms with Crippen molar-refractivity contribution in [3.05, 3.63) is 24.2 Å². The van der Waals surface area contributed by atoms with Crippen molar-refractivity contribution >= 4 is 23.5 Å². The normalized spacial score (nSPS) is 10.2. The molecule has 1 heterocycles. The van der Waals surface area contributed by atoms with Crippen LogP contribution < -0.4 is 15.8 Å². The largest absolute Gasteiger partial charge is 0.459 e. The van der Waals surface area contributed by atoms with Crippen molar-refractivity contribution in [3.63, 3.8) is 0 Å². The second kappa shape index (κ2) is 5.31. The summed E-state index contributed by atoms with van der Waals surface area (Å²) in [5, 5.41) is 6.29. The van der Waals surface area contributed by atoms with Crippen LogP contribution in [0.15, 0.2) is 22.8 Å². The van der Waals surface area contributed by atoms with E-state index in [1.165, 1.54) is 0 Å². The summed E-state index contributed by atoms with van der Waals surface area (Å²) in [4.78, 5) is 0. The molecule has 13 heavy (non-hydrogen) atoms. The molecule has 0 aliphatic carbocycles. The molecule has 3 N–H and O–H groups in total. The van der Waals surface area contributed by atoms with Crippen LogP contribution in [0.4, 0.5) is 0 Å². The molecular formula is C8H12N3OS+. The second-order valence-electron chi connectivity index (χ2n) is 2.29. The van der Waals surface area contributed by atoms with Crippen LogP contribution in [0.5, 0.6) is 0 Å².